The molecule has 17 heavy (non-hydrogen) atoms. The third-order valence-electron chi connectivity index (χ3n) is 2.78. The van der Waals surface area contributed by atoms with Crippen molar-refractivity contribution in [3.63, 3.8) is 0 Å². The Morgan fingerprint density at radius 2 is 2.00 bits per heavy atom. The van der Waals surface area contributed by atoms with Crippen LogP contribution in [0.1, 0.15) is 23.4 Å². The largest absolute Gasteiger partial charge is 0.392 e. The van der Waals surface area contributed by atoms with Gasteiger partial charge >= 0.3 is 0 Å². The van der Waals surface area contributed by atoms with Gasteiger partial charge in [-0.3, -0.25) is 4.68 Å². The average Bonchev–Trinajstić information content (AvgIpc) is 2.58. The molecule has 0 radical (unpaired) electrons. The number of aliphatic hydroxyl groups excluding tert-OH is 1. The minimum atomic E-state index is 0.0575. The number of aliphatic hydroxyl groups is 1. The molecule has 5 nitrogen and oxygen atoms in total. The van der Waals surface area contributed by atoms with Crippen molar-refractivity contribution in [2.75, 3.05) is 26.9 Å². The van der Waals surface area contributed by atoms with E-state index in [-0.39, 0.29) is 6.61 Å². The Morgan fingerprint density at radius 3 is 2.59 bits per heavy atom. The standard InChI is InChI=1S/C12H22N2O3/c1-10-12(9-15)11(2)14(13-10)5-4-6-17-8-7-16-3/h15H,4-9H2,1-3H3. The van der Waals surface area contributed by atoms with E-state index >= 15 is 0 Å². The summed E-state index contributed by atoms with van der Waals surface area (Å²) in [4.78, 5) is 0. The fraction of sp³-hybridized carbons (Fsp3) is 0.750. The third kappa shape index (κ3) is 4.11. The third-order valence-corrected chi connectivity index (χ3v) is 2.78. The fourth-order valence-electron chi connectivity index (χ4n) is 1.74. The van der Waals surface area contributed by atoms with E-state index in [1.54, 1.807) is 7.11 Å². The first kappa shape index (κ1) is 14.2. The molecule has 0 fully saturated rings. The van der Waals surface area contributed by atoms with Gasteiger partial charge in [0, 0.05) is 31.5 Å². The van der Waals surface area contributed by atoms with Gasteiger partial charge in [0.05, 0.1) is 25.5 Å². The lowest BCUT2D eigenvalue weighted by Crippen LogP contribution is -2.08. The van der Waals surface area contributed by atoms with Crippen LogP contribution in [0.5, 0.6) is 0 Å². The SMILES string of the molecule is COCCOCCCn1nc(C)c(CO)c1C. The van der Waals surface area contributed by atoms with Crippen LogP contribution in [0.4, 0.5) is 0 Å². The number of aromatic nitrogens is 2. The summed E-state index contributed by atoms with van der Waals surface area (Å²) < 4.78 is 12.2. The molecule has 1 heterocycles. The molecule has 1 rings (SSSR count). The van der Waals surface area contributed by atoms with Crippen LogP contribution in [0, 0.1) is 13.8 Å². The number of ether oxygens (including phenoxy) is 2. The highest BCUT2D eigenvalue weighted by Crippen LogP contribution is 2.12. The lowest BCUT2D eigenvalue weighted by molar-refractivity contribution is 0.0676. The molecule has 0 atom stereocenters. The Bertz CT molecular complexity index is 337. The van der Waals surface area contributed by atoms with Gasteiger partial charge in [0.2, 0.25) is 0 Å². The number of rotatable bonds is 8. The molecule has 0 unspecified atom stereocenters. The van der Waals surface area contributed by atoms with Crippen molar-refractivity contribution in [3.8, 4) is 0 Å². The zero-order valence-corrected chi connectivity index (χ0v) is 10.9. The van der Waals surface area contributed by atoms with E-state index in [1.807, 2.05) is 18.5 Å². The number of aryl methyl sites for hydroxylation is 2. The molecule has 1 aromatic heterocycles. The maximum absolute atomic E-state index is 9.19. The van der Waals surface area contributed by atoms with Crippen molar-refractivity contribution in [2.45, 2.75) is 33.4 Å². The van der Waals surface area contributed by atoms with E-state index in [1.165, 1.54) is 0 Å². The predicted molar refractivity (Wildman–Crippen MR) is 64.9 cm³/mol. The summed E-state index contributed by atoms with van der Waals surface area (Å²) in [5.74, 6) is 0. The number of methoxy groups -OCH3 is 1. The van der Waals surface area contributed by atoms with Gasteiger partial charge in [0.25, 0.3) is 0 Å². The maximum atomic E-state index is 9.19. The van der Waals surface area contributed by atoms with Gasteiger partial charge in [-0.2, -0.15) is 5.10 Å². The monoisotopic (exact) mass is 242 g/mol. The highest BCUT2D eigenvalue weighted by Gasteiger charge is 2.09. The van der Waals surface area contributed by atoms with E-state index in [9.17, 15) is 5.11 Å². The normalized spacial score (nSPS) is 11.1. The van der Waals surface area contributed by atoms with Crippen LogP contribution in [0.2, 0.25) is 0 Å². The van der Waals surface area contributed by atoms with Gasteiger partial charge < -0.3 is 14.6 Å². The molecule has 0 aliphatic carbocycles. The Labute approximate surface area is 102 Å². The summed E-state index contributed by atoms with van der Waals surface area (Å²) in [6, 6.07) is 0. The van der Waals surface area contributed by atoms with E-state index in [4.69, 9.17) is 9.47 Å². The summed E-state index contributed by atoms with van der Waals surface area (Å²) in [5.41, 5.74) is 2.89. The molecular formula is C12H22N2O3. The van der Waals surface area contributed by atoms with Crippen LogP contribution < -0.4 is 0 Å². The van der Waals surface area contributed by atoms with Crippen LogP contribution in [0.15, 0.2) is 0 Å². The number of hydrogen-bond donors (Lipinski definition) is 1. The van der Waals surface area contributed by atoms with Crippen molar-refractivity contribution < 1.29 is 14.6 Å². The first-order valence-corrected chi connectivity index (χ1v) is 5.91. The summed E-state index contributed by atoms with van der Waals surface area (Å²) >= 11 is 0. The fourth-order valence-corrected chi connectivity index (χ4v) is 1.74. The van der Waals surface area contributed by atoms with Gasteiger partial charge in [-0.25, -0.2) is 0 Å². The summed E-state index contributed by atoms with van der Waals surface area (Å²) in [6.45, 7) is 6.75. The van der Waals surface area contributed by atoms with Crippen LogP contribution in [-0.2, 0) is 22.6 Å². The highest BCUT2D eigenvalue weighted by molar-refractivity contribution is 5.23. The second-order valence-electron chi connectivity index (χ2n) is 3.99. The molecule has 1 aromatic rings. The van der Waals surface area contributed by atoms with E-state index in [0.717, 1.165) is 29.9 Å². The molecule has 0 bridgehead atoms. The Balaban J connectivity index is 2.32. The second kappa shape index (κ2) is 7.42. The molecule has 0 saturated carbocycles. The first-order valence-electron chi connectivity index (χ1n) is 5.91. The van der Waals surface area contributed by atoms with Crippen LogP contribution >= 0.6 is 0 Å². The molecule has 0 aliphatic heterocycles. The van der Waals surface area contributed by atoms with Gasteiger partial charge in [0.1, 0.15) is 0 Å². The summed E-state index contributed by atoms with van der Waals surface area (Å²) in [5, 5.41) is 13.6. The maximum Gasteiger partial charge on any atom is 0.0718 e. The number of nitrogens with zero attached hydrogens (tertiary/aromatic N) is 2. The van der Waals surface area contributed by atoms with Gasteiger partial charge in [-0.15, -0.1) is 0 Å². The van der Waals surface area contributed by atoms with Gasteiger partial charge in [-0.1, -0.05) is 0 Å². The van der Waals surface area contributed by atoms with Crippen molar-refractivity contribution >= 4 is 0 Å². The van der Waals surface area contributed by atoms with Crippen LogP contribution in [0.25, 0.3) is 0 Å². The smallest absolute Gasteiger partial charge is 0.0718 e. The zero-order chi connectivity index (χ0) is 12.7. The Hall–Kier alpha value is -0.910. The second-order valence-corrected chi connectivity index (χ2v) is 3.99. The van der Waals surface area contributed by atoms with E-state index < -0.39 is 0 Å². The topological polar surface area (TPSA) is 56.5 Å². The summed E-state index contributed by atoms with van der Waals surface area (Å²) in [7, 11) is 1.66. The lowest BCUT2D eigenvalue weighted by atomic mass is 10.2. The number of hydrogen-bond acceptors (Lipinski definition) is 4. The van der Waals surface area contributed by atoms with Crippen LogP contribution in [0.3, 0.4) is 0 Å². The van der Waals surface area contributed by atoms with E-state index in [0.29, 0.717) is 19.8 Å². The Kier molecular flexibility index (Phi) is 6.18. The molecule has 0 spiro atoms. The minimum Gasteiger partial charge on any atom is -0.392 e. The molecule has 0 saturated heterocycles. The Morgan fingerprint density at radius 1 is 1.24 bits per heavy atom. The van der Waals surface area contributed by atoms with Crippen LogP contribution in [-0.4, -0.2) is 41.8 Å². The quantitative estimate of drug-likeness (QED) is 0.692. The van der Waals surface area contributed by atoms with Crippen molar-refractivity contribution in [1.29, 1.82) is 0 Å². The lowest BCUT2D eigenvalue weighted by Gasteiger charge is -2.06. The molecule has 0 aliphatic rings. The zero-order valence-electron chi connectivity index (χ0n) is 10.9. The summed E-state index contributed by atoms with van der Waals surface area (Å²) in [6.07, 6.45) is 0.913. The molecular weight excluding hydrogens is 220 g/mol. The predicted octanol–water partition coefficient (Wildman–Crippen LogP) is 1.05. The molecule has 5 heteroatoms. The van der Waals surface area contributed by atoms with Crippen molar-refractivity contribution in [2.24, 2.45) is 0 Å². The van der Waals surface area contributed by atoms with Crippen molar-refractivity contribution in [1.82, 2.24) is 9.78 Å². The molecule has 0 amide bonds. The molecule has 1 N–H and O–H groups in total. The highest BCUT2D eigenvalue weighted by atomic mass is 16.5. The van der Waals surface area contributed by atoms with Gasteiger partial charge in [-0.05, 0) is 20.3 Å². The van der Waals surface area contributed by atoms with Crippen molar-refractivity contribution in [3.05, 3.63) is 17.0 Å². The average molecular weight is 242 g/mol. The first-order chi connectivity index (χ1) is 8.20. The minimum absolute atomic E-state index is 0.0575. The van der Waals surface area contributed by atoms with E-state index in [2.05, 4.69) is 5.10 Å². The van der Waals surface area contributed by atoms with Gasteiger partial charge in [0.15, 0.2) is 0 Å². The molecule has 98 valence electrons. The molecule has 0 aromatic carbocycles.